The van der Waals surface area contributed by atoms with E-state index in [-0.39, 0.29) is 0 Å². The van der Waals surface area contributed by atoms with Crippen molar-refractivity contribution >= 4 is 22.1 Å². The van der Waals surface area contributed by atoms with Crippen LogP contribution in [0.5, 0.6) is 0 Å². The van der Waals surface area contributed by atoms with Crippen LogP contribution < -0.4 is 0 Å². The van der Waals surface area contributed by atoms with E-state index in [4.69, 9.17) is 0 Å². The average Bonchev–Trinajstić information content (AvgIpc) is 3.09. The monoisotopic (exact) mass is 288 g/mol. The predicted molar refractivity (Wildman–Crippen MR) is 88.3 cm³/mol. The van der Waals surface area contributed by atoms with Crippen LogP contribution in [0.25, 0.3) is 33.3 Å². The summed E-state index contributed by atoms with van der Waals surface area (Å²) < 4.78 is 0. The van der Waals surface area contributed by atoms with Crippen LogP contribution in [0, 0.1) is 0 Å². The Morgan fingerprint density at radius 1 is 0.619 bits per heavy atom. The smallest absolute Gasteiger partial charge is 0.102 e. The van der Waals surface area contributed by atoms with Crippen LogP contribution >= 0.6 is 11.3 Å². The van der Waals surface area contributed by atoms with Crippen molar-refractivity contribution < 1.29 is 0 Å². The van der Waals surface area contributed by atoms with Gasteiger partial charge in [-0.1, -0.05) is 54.6 Å². The lowest BCUT2D eigenvalue weighted by atomic mass is 10.0. The van der Waals surface area contributed by atoms with E-state index in [1.807, 2.05) is 24.3 Å². The van der Waals surface area contributed by atoms with Crippen LogP contribution in [0.1, 0.15) is 0 Å². The maximum Gasteiger partial charge on any atom is 0.102 e. The van der Waals surface area contributed by atoms with Crippen LogP contribution in [0.2, 0.25) is 0 Å². The molecule has 21 heavy (non-hydrogen) atoms. The first-order valence-corrected chi connectivity index (χ1v) is 7.71. The first kappa shape index (κ1) is 12.2. The van der Waals surface area contributed by atoms with E-state index in [0.717, 1.165) is 33.3 Å². The predicted octanol–water partition coefficient (Wildman–Crippen LogP) is 5.03. The van der Waals surface area contributed by atoms with Crippen molar-refractivity contribution in [1.29, 1.82) is 0 Å². The van der Waals surface area contributed by atoms with E-state index in [1.54, 1.807) is 11.3 Å². The highest BCUT2D eigenvalue weighted by Gasteiger charge is 2.11. The van der Waals surface area contributed by atoms with Gasteiger partial charge in [-0.3, -0.25) is 0 Å². The molecule has 4 aromatic rings. The highest BCUT2D eigenvalue weighted by molar-refractivity contribution is 7.08. The molecule has 2 heterocycles. The maximum absolute atomic E-state index is 4.49. The summed E-state index contributed by atoms with van der Waals surface area (Å²) in [5.74, 6) is 0. The molecule has 0 N–H and O–H groups in total. The van der Waals surface area contributed by atoms with Gasteiger partial charge in [-0.2, -0.15) is 11.3 Å². The molecule has 2 nitrogen and oxygen atoms in total. The van der Waals surface area contributed by atoms with Gasteiger partial charge < -0.3 is 0 Å². The fraction of sp³-hybridized carbons (Fsp3) is 0. The molecular weight excluding hydrogens is 276 g/mol. The van der Waals surface area contributed by atoms with Gasteiger partial charge in [0.25, 0.3) is 0 Å². The minimum atomic E-state index is 0.935. The second-order valence-electron chi connectivity index (χ2n) is 4.82. The van der Waals surface area contributed by atoms with E-state index in [2.05, 4.69) is 57.4 Å². The SMILES string of the molecule is c1ccc(-c2nnc(-c3ccsc3)c3ccccc23)cc1. The molecule has 0 saturated heterocycles. The van der Waals surface area contributed by atoms with Gasteiger partial charge in [0.1, 0.15) is 11.4 Å². The highest BCUT2D eigenvalue weighted by Crippen LogP contribution is 2.32. The molecule has 0 atom stereocenters. The van der Waals surface area contributed by atoms with Gasteiger partial charge in [0.2, 0.25) is 0 Å². The highest BCUT2D eigenvalue weighted by atomic mass is 32.1. The van der Waals surface area contributed by atoms with E-state index >= 15 is 0 Å². The fourth-order valence-electron chi connectivity index (χ4n) is 2.53. The van der Waals surface area contributed by atoms with Gasteiger partial charge in [-0.15, -0.1) is 10.2 Å². The molecule has 3 heteroatoms. The Labute approximate surface area is 126 Å². The number of rotatable bonds is 2. The molecule has 0 aliphatic carbocycles. The van der Waals surface area contributed by atoms with Crippen LogP contribution in [0.15, 0.2) is 71.4 Å². The van der Waals surface area contributed by atoms with Gasteiger partial charge >= 0.3 is 0 Å². The molecule has 0 radical (unpaired) electrons. The second kappa shape index (κ2) is 5.11. The standard InChI is InChI=1S/C18H12N2S/c1-2-6-13(7-3-1)17-15-8-4-5-9-16(15)18(20-19-17)14-10-11-21-12-14/h1-12H. The molecule has 0 unspecified atom stereocenters. The minimum Gasteiger partial charge on any atom is -0.152 e. The first-order chi connectivity index (χ1) is 10.4. The summed E-state index contributed by atoms with van der Waals surface area (Å²) in [5, 5.41) is 15.4. The fourth-order valence-corrected chi connectivity index (χ4v) is 3.17. The summed E-state index contributed by atoms with van der Waals surface area (Å²) in [6.07, 6.45) is 0. The summed E-state index contributed by atoms with van der Waals surface area (Å²) in [6.45, 7) is 0. The third-order valence-electron chi connectivity index (χ3n) is 3.53. The van der Waals surface area contributed by atoms with E-state index in [1.165, 1.54) is 0 Å². The number of hydrogen-bond donors (Lipinski definition) is 0. The zero-order chi connectivity index (χ0) is 14.1. The van der Waals surface area contributed by atoms with Crippen molar-refractivity contribution in [3.05, 3.63) is 71.4 Å². The molecule has 0 bridgehead atoms. The van der Waals surface area contributed by atoms with Crippen LogP contribution in [0.3, 0.4) is 0 Å². The normalized spacial score (nSPS) is 10.9. The zero-order valence-electron chi connectivity index (χ0n) is 11.2. The van der Waals surface area contributed by atoms with Crippen molar-refractivity contribution in [3.63, 3.8) is 0 Å². The van der Waals surface area contributed by atoms with Crippen molar-refractivity contribution in [2.75, 3.05) is 0 Å². The summed E-state index contributed by atoms with van der Waals surface area (Å²) in [4.78, 5) is 0. The topological polar surface area (TPSA) is 25.8 Å². The molecule has 0 saturated carbocycles. The lowest BCUT2D eigenvalue weighted by Crippen LogP contribution is -1.93. The van der Waals surface area contributed by atoms with Crippen molar-refractivity contribution in [2.45, 2.75) is 0 Å². The molecule has 0 amide bonds. The first-order valence-electron chi connectivity index (χ1n) is 6.77. The summed E-state index contributed by atoms with van der Waals surface area (Å²) in [5.41, 5.74) is 4.11. The van der Waals surface area contributed by atoms with Crippen molar-refractivity contribution in [1.82, 2.24) is 10.2 Å². The number of hydrogen-bond acceptors (Lipinski definition) is 3. The summed E-state index contributed by atoms with van der Waals surface area (Å²) >= 11 is 1.68. The molecule has 0 fully saturated rings. The van der Waals surface area contributed by atoms with Crippen LogP contribution in [-0.2, 0) is 0 Å². The van der Waals surface area contributed by atoms with E-state index < -0.39 is 0 Å². The molecule has 0 spiro atoms. The van der Waals surface area contributed by atoms with E-state index in [0.29, 0.717) is 0 Å². The van der Waals surface area contributed by atoms with Gasteiger partial charge in [0.05, 0.1) is 0 Å². The number of fused-ring (bicyclic) bond motifs is 1. The molecule has 0 aliphatic heterocycles. The Bertz CT molecular complexity index is 884. The second-order valence-corrected chi connectivity index (χ2v) is 5.60. The molecule has 100 valence electrons. The Morgan fingerprint density at radius 2 is 1.24 bits per heavy atom. The number of aromatic nitrogens is 2. The summed E-state index contributed by atoms with van der Waals surface area (Å²) in [6, 6.07) is 20.6. The lowest BCUT2D eigenvalue weighted by molar-refractivity contribution is 1.06. The molecule has 2 aromatic carbocycles. The largest absolute Gasteiger partial charge is 0.152 e. The van der Waals surface area contributed by atoms with Crippen molar-refractivity contribution in [2.24, 2.45) is 0 Å². The number of nitrogens with zero attached hydrogens (tertiary/aromatic N) is 2. The van der Waals surface area contributed by atoms with Gasteiger partial charge in [-0.05, 0) is 11.4 Å². The van der Waals surface area contributed by atoms with E-state index in [9.17, 15) is 0 Å². The molecule has 0 aliphatic rings. The Morgan fingerprint density at radius 3 is 1.86 bits per heavy atom. The third-order valence-corrected chi connectivity index (χ3v) is 4.21. The zero-order valence-corrected chi connectivity index (χ0v) is 12.0. The van der Waals surface area contributed by atoms with Gasteiger partial charge in [-0.25, -0.2) is 0 Å². The lowest BCUT2D eigenvalue weighted by Gasteiger charge is -2.08. The van der Waals surface area contributed by atoms with Crippen LogP contribution in [0.4, 0.5) is 0 Å². The number of benzene rings is 2. The quantitative estimate of drug-likeness (QED) is 0.517. The van der Waals surface area contributed by atoms with Gasteiger partial charge in [0.15, 0.2) is 0 Å². The van der Waals surface area contributed by atoms with Gasteiger partial charge in [0, 0.05) is 27.3 Å². The summed E-state index contributed by atoms with van der Waals surface area (Å²) in [7, 11) is 0. The molecule has 4 rings (SSSR count). The Hall–Kier alpha value is -2.52. The van der Waals surface area contributed by atoms with Crippen LogP contribution in [-0.4, -0.2) is 10.2 Å². The molecular formula is C18H12N2S. The van der Waals surface area contributed by atoms with Crippen molar-refractivity contribution in [3.8, 4) is 22.5 Å². The Kier molecular flexibility index (Phi) is 2.98. The average molecular weight is 288 g/mol. The third kappa shape index (κ3) is 2.12. The molecule has 2 aromatic heterocycles. The number of thiophene rings is 1. The Balaban J connectivity index is 2.02. The minimum absolute atomic E-state index is 0.935. The maximum atomic E-state index is 4.49.